The van der Waals surface area contributed by atoms with Gasteiger partial charge >= 0.3 is 0 Å². The predicted octanol–water partition coefficient (Wildman–Crippen LogP) is 4.25. The molecule has 0 unspecified atom stereocenters. The van der Waals surface area contributed by atoms with Crippen LogP contribution in [0.5, 0.6) is 0 Å². The highest BCUT2D eigenvalue weighted by Crippen LogP contribution is 2.29. The number of pyridine rings is 1. The molecule has 4 rings (SSSR count). The average Bonchev–Trinajstić information content (AvgIpc) is 2.83. The quantitative estimate of drug-likeness (QED) is 0.444. The highest BCUT2D eigenvalue weighted by atomic mass is 32.2. The predicted molar refractivity (Wildman–Crippen MR) is 135 cm³/mol. The second kappa shape index (κ2) is 11.0. The molecule has 0 spiro atoms. The van der Waals surface area contributed by atoms with Crippen LogP contribution in [0.25, 0.3) is 0 Å². The van der Waals surface area contributed by atoms with Crippen LogP contribution in [0.15, 0.2) is 36.0 Å². The van der Waals surface area contributed by atoms with Crippen molar-refractivity contribution in [1.29, 1.82) is 0 Å². The van der Waals surface area contributed by atoms with E-state index >= 15 is 0 Å². The van der Waals surface area contributed by atoms with Gasteiger partial charge in [0.05, 0.1) is 11.3 Å². The summed E-state index contributed by atoms with van der Waals surface area (Å²) in [5.41, 5.74) is 3.15. The molecule has 176 valence electrons. The summed E-state index contributed by atoms with van der Waals surface area (Å²) in [6.07, 6.45) is 11.9. The van der Waals surface area contributed by atoms with Gasteiger partial charge in [-0.15, -0.1) is 18.3 Å². The molecular weight excluding hydrogens is 432 g/mol. The number of hydrogen-bond donors (Lipinski definition) is 2. The first-order chi connectivity index (χ1) is 16.0. The fraction of sp³-hybridized carbons (Fsp3) is 0.520. The highest BCUT2D eigenvalue weighted by Gasteiger charge is 2.25. The van der Waals surface area contributed by atoms with E-state index in [4.69, 9.17) is 9.97 Å². The lowest BCUT2D eigenvalue weighted by Crippen LogP contribution is -2.40. The number of thioether (sulfide) groups is 1. The van der Waals surface area contributed by atoms with E-state index in [1.54, 1.807) is 6.20 Å². The third-order valence-electron chi connectivity index (χ3n) is 6.33. The minimum Gasteiger partial charge on any atom is -0.362 e. The number of nitrogens with zero attached hydrogens (tertiary/aromatic N) is 4. The molecule has 0 saturated heterocycles. The van der Waals surface area contributed by atoms with Crippen molar-refractivity contribution in [2.24, 2.45) is 0 Å². The van der Waals surface area contributed by atoms with Crippen LogP contribution in [0.4, 0.5) is 11.8 Å². The number of amides is 1. The third kappa shape index (κ3) is 5.85. The Morgan fingerprint density at radius 2 is 1.94 bits per heavy atom. The monoisotopic (exact) mass is 466 g/mol. The molecule has 7 nitrogen and oxygen atoms in total. The topological polar surface area (TPSA) is 83.0 Å². The zero-order valence-corrected chi connectivity index (χ0v) is 20.5. The molecule has 0 atom stereocenters. The molecule has 0 aromatic carbocycles. The molecule has 0 radical (unpaired) electrons. The van der Waals surface area contributed by atoms with Crippen molar-refractivity contribution in [2.45, 2.75) is 68.5 Å². The molecule has 1 fully saturated rings. The van der Waals surface area contributed by atoms with Crippen molar-refractivity contribution in [1.82, 2.24) is 20.3 Å². The second-order valence-corrected chi connectivity index (χ2v) is 10.0. The van der Waals surface area contributed by atoms with Crippen molar-refractivity contribution >= 4 is 29.4 Å². The number of carbonyl (C=O) groups is 1. The molecule has 2 heterocycles. The van der Waals surface area contributed by atoms with Gasteiger partial charge in [-0.25, -0.2) is 9.97 Å². The Kier molecular flexibility index (Phi) is 7.85. The number of aromatic nitrogens is 3. The summed E-state index contributed by atoms with van der Waals surface area (Å²) in [6.45, 7) is 3.75. The smallest absolute Gasteiger partial charge is 0.254 e. The Labute approximate surface area is 200 Å². The van der Waals surface area contributed by atoms with Crippen molar-refractivity contribution < 1.29 is 4.79 Å². The first-order valence-electron chi connectivity index (χ1n) is 11.9. The van der Waals surface area contributed by atoms with Crippen molar-refractivity contribution in [3.8, 4) is 0 Å². The van der Waals surface area contributed by atoms with Crippen LogP contribution < -0.4 is 15.5 Å². The van der Waals surface area contributed by atoms with Crippen LogP contribution in [0.2, 0.25) is 0 Å². The zero-order valence-electron chi connectivity index (χ0n) is 19.6. The molecule has 1 amide bonds. The van der Waals surface area contributed by atoms with Crippen molar-refractivity contribution in [3.63, 3.8) is 0 Å². The molecule has 2 aliphatic rings. The van der Waals surface area contributed by atoms with E-state index < -0.39 is 0 Å². The Morgan fingerprint density at radius 3 is 2.70 bits per heavy atom. The van der Waals surface area contributed by atoms with E-state index in [0.29, 0.717) is 11.6 Å². The fourth-order valence-corrected chi connectivity index (χ4v) is 5.38. The Balaban J connectivity index is 1.34. The van der Waals surface area contributed by atoms with Gasteiger partial charge in [0.1, 0.15) is 10.8 Å². The molecule has 0 bridgehead atoms. The lowest BCUT2D eigenvalue weighted by molar-refractivity contribution is 0.0923. The van der Waals surface area contributed by atoms with E-state index in [1.807, 2.05) is 18.2 Å². The number of nitrogens with one attached hydrogen (secondary N) is 2. The van der Waals surface area contributed by atoms with Crippen molar-refractivity contribution in [2.75, 3.05) is 30.1 Å². The van der Waals surface area contributed by atoms with Crippen LogP contribution in [0, 0.1) is 0 Å². The third-order valence-corrected chi connectivity index (χ3v) is 7.34. The van der Waals surface area contributed by atoms with E-state index in [-0.39, 0.29) is 11.9 Å². The van der Waals surface area contributed by atoms with Gasteiger partial charge in [-0.3, -0.25) is 4.79 Å². The van der Waals surface area contributed by atoms with E-state index in [1.165, 1.54) is 35.9 Å². The van der Waals surface area contributed by atoms with Crippen LogP contribution in [0.1, 0.15) is 60.1 Å². The number of anilines is 2. The summed E-state index contributed by atoms with van der Waals surface area (Å²) in [6, 6.07) is 4.16. The van der Waals surface area contributed by atoms with E-state index in [9.17, 15) is 4.79 Å². The van der Waals surface area contributed by atoms with Gasteiger partial charge in [0.25, 0.3) is 5.91 Å². The molecule has 2 N–H and O–H groups in total. The summed E-state index contributed by atoms with van der Waals surface area (Å²) in [5, 5.41) is 7.55. The number of aryl methyl sites for hydroxylation is 1. The SMILES string of the molecule is C=CCSc1ncccc1C(=O)N[C@H]1CC[C@@H](Nc2nc3c(c(N(C)C)n2)CCCC3)CC1. The summed E-state index contributed by atoms with van der Waals surface area (Å²) in [4.78, 5) is 29.0. The van der Waals surface area contributed by atoms with Gasteiger partial charge in [0.15, 0.2) is 0 Å². The Hall–Kier alpha value is -2.61. The molecule has 33 heavy (non-hydrogen) atoms. The normalized spacial score (nSPS) is 19.9. The highest BCUT2D eigenvalue weighted by molar-refractivity contribution is 7.99. The molecule has 8 heteroatoms. The second-order valence-electron chi connectivity index (χ2n) is 9.02. The Bertz CT molecular complexity index is 987. The van der Waals surface area contributed by atoms with Gasteiger partial charge in [0.2, 0.25) is 5.95 Å². The summed E-state index contributed by atoms with van der Waals surface area (Å²) < 4.78 is 0. The standard InChI is InChI=1S/C25H34N6OS/c1-4-16-33-24-20(9-7-15-26-24)23(32)27-17-11-13-18(14-12-17)28-25-29-21-10-6-5-8-19(21)22(30-25)31(2)3/h4,7,9,15,17-18H,1,5-6,8,10-14,16H2,2-3H3,(H,27,32)(H,28,29,30)/t17-,18+. The maximum atomic E-state index is 12.9. The summed E-state index contributed by atoms with van der Waals surface area (Å²) in [7, 11) is 4.11. The van der Waals surface area contributed by atoms with Crippen LogP contribution in [0.3, 0.4) is 0 Å². The van der Waals surface area contributed by atoms with Gasteiger partial charge in [0, 0.05) is 43.7 Å². The maximum absolute atomic E-state index is 12.9. The van der Waals surface area contributed by atoms with E-state index in [0.717, 1.165) is 61.1 Å². The maximum Gasteiger partial charge on any atom is 0.254 e. The van der Waals surface area contributed by atoms with E-state index in [2.05, 4.69) is 41.2 Å². The number of fused-ring (bicyclic) bond motifs is 1. The number of hydrogen-bond acceptors (Lipinski definition) is 7. The summed E-state index contributed by atoms with van der Waals surface area (Å²) in [5.74, 6) is 2.48. The van der Waals surface area contributed by atoms with Gasteiger partial charge in [-0.05, 0) is 63.5 Å². The van der Waals surface area contributed by atoms with Crippen LogP contribution in [-0.4, -0.2) is 52.8 Å². The average molecular weight is 467 g/mol. The lowest BCUT2D eigenvalue weighted by Gasteiger charge is -2.30. The van der Waals surface area contributed by atoms with Crippen LogP contribution in [-0.2, 0) is 12.8 Å². The fourth-order valence-electron chi connectivity index (χ4n) is 4.65. The van der Waals surface area contributed by atoms with Crippen LogP contribution >= 0.6 is 11.8 Å². The first-order valence-corrected chi connectivity index (χ1v) is 12.9. The molecule has 0 aliphatic heterocycles. The lowest BCUT2D eigenvalue weighted by atomic mass is 9.91. The molecule has 2 aliphatic carbocycles. The molecule has 2 aromatic heterocycles. The molecular formula is C25H34N6OS. The minimum atomic E-state index is -0.0419. The first kappa shape index (κ1) is 23.5. The minimum absolute atomic E-state index is 0.0419. The number of carbonyl (C=O) groups excluding carboxylic acids is 1. The largest absolute Gasteiger partial charge is 0.362 e. The Morgan fingerprint density at radius 1 is 1.18 bits per heavy atom. The molecule has 2 aromatic rings. The summed E-state index contributed by atoms with van der Waals surface area (Å²) >= 11 is 1.53. The number of rotatable bonds is 8. The van der Waals surface area contributed by atoms with Gasteiger partial charge in [-0.2, -0.15) is 4.98 Å². The zero-order chi connectivity index (χ0) is 23.2. The van der Waals surface area contributed by atoms with Gasteiger partial charge < -0.3 is 15.5 Å². The van der Waals surface area contributed by atoms with Crippen molar-refractivity contribution in [3.05, 3.63) is 47.8 Å². The van der Waals surface area contributed by atoms with Gasteiger partial charge in [-0.1, -0.05) is 6.08 Å². The molecule has 1 saturated carbocycles.